The van der Waals surface area contributed by atoms with Crippen LogP contribution in [0.25, 0.3) is 5.69 Å². The largest absolute Gasteiger partial charge is 0.370 e. The minimum Gasteiger partial charge on any atom is -0.370 e. The Balaban J connectivity index is 1.53. The van der Waals surface area contributed by atoms with E-state index in [0.717, 1.165) is 30.2 Å². The third kappa shape index (κ3) is 3.98. The molecular weight excluding hydrogens is 360 g/mol. The van der Waals surface area contributed by atoms with Crippen molar-refractivity contribution in [2.24, 2.45) is 0 Å². The lowest BCUT2D eigenvalue weighted by atomic mass is 10.1. The van der Waals surface area contributed by atoms with Gasteiger partial charge in [0.25, 0.3) is 5.91 Å². The van der Waals surface area contributed by atoms with E-state index in [0.29, 0.717) is 10.7 Å². The van der Waals surface area contributed by atoms with Crippen LogP contribution in [-0.4, -0.2) is 28.8 Å². The van der Waals surface area contributed by atoms with E-state index >= 15 is 0 Å². The van der Waals surface area contributed by atoms with Gasteiger partial charge < -0.3 is 10.2 Å². The van der Waals surface area contributed by atoms with Crippen molar-refractivity contribution in [2.45, 2.75) is 19.3 Å². The number of anilines is 2. The summed E-state index contributed by atoms with van der Waals surface area (Å²) in [6.45, 7) is 2.05. The number of nitrogens with one attached hydrogen (secondary N) is 1. The van der Waals surface area contributed by atoms with Crippen LogP contribution in [0.2, 0.25) is 5.02 Å². The highest BCUT2D eigenvalue weighted by Gasteiger charge is 2.17. The number of para-hydroxylation sites is 2. The molecule has 1 aliphatic rings. The summed E-state index contributed by atoms with van der Waals surface area (Å²) in [5.41, 5.74) is 3.07. The van der Waals surface area contributed by atoms with Gasteiger partial charge in [0.05, 0.1) is 17.1 Å². The number of aromatic nitrogens is 2. The normalized spacial score (nSPS) is 14.2. The lowest BCUT2D eigenvalue weighted by molar-refractivity contribution is 0.102. The van der Waals surface area contributed by atoms with Gasteiger partial charge in [0.1, 0.15) is 0 Å². The molecule has 2 aromatic carbocycles. The van der Waals surface area contributed by atoms with Crippen molar-refractivity contribution in [3.8, 4) is 5.69 Å². The summed E-state index contributed by atoms with van der Waals surface area (Å²) in [7, 11) is 0. The molecule has 0 atom stereocenters. The molecule has 138 valence electrons. The topological polar surface area (TPSA) is 50.2 Å². The second kappa shape index (κ2) is 7.84. The SMILES string of the molecule is O=C(Nc1ccccc1N1CCCCC1)c1ccn(-c2cccc(Cl)c2)n1. The number of benzene rings is 2. The van der Waals surface area contributed by atoms with Crippen LogP contribution in [0.1, 0.15) is 29.8 Å². The van der Waals surface area contributed by atoms with E-state index < -0.39 is 0 Å². The molecule has 1 fully saturated rings. The Bertz CT molecular complexity index is 947. The van der Waals surface area contributed by atoms with Crippen molar-refractivity contribution in [1.29, 1.82) is 0 Å². The van der Waals surface area contributed by atoms with Gasteiger partial charge in [0.15, 0.2) is 5.69 Å². The van der Waals surface area contributed by atoms with E-state index in [9.17, 15) is 4.79 Å². The minimum absolute atomic E-state index is 0.222. The molecule has 6 heteroatoms. The summed E-state index contributed by atoms with van der Waals surface area (Å²) in [6.07, 6.45) is 5.40. The molecule has 0 spiro atoms. The Labute approximate surface area is 163 Å². The van der Waals surface area contributed by atoms with Gasteiger partial charge in [-0.25, -0.2) is 4.68 Å². The lowest BCUT2D eigenvalue weighted by Gasteiger charge is -2.30. The second-order valence-corrected chi connectivity index (χ2v) is 7.08. The highest BCUT2D eigenvalue weighted by molar-refractivity contribution is 6.30. The highest BCUT2D eigenvalue weighted by Crippen LogP contribution is 2.28. The monoisotopic (exact) mass is 380 g/mol. The molecular formula is C21H21ClN4O. The Kier molecular flexibility index (Phi) is 5.12. The fourth-order valence-electron chi connectivity index (χ4n) is 3.38. The predicted octanol–water partition coefficient (Wildman–Crippen LogP) is 4.77. The highest BCUT2D eigenvalue weighted by atomic mass is 35.5. The Morgan fingerprint density at radius 2 is 1.81 bits per heavy atom. The standard InChI is InChI=1S/C21H21ClN4O/c22-16-7-6-8-17(15-16)26-14-11-19(24-26)21(27)23-18-9-2-3-10-20(18)25-12-4-1-5-13-25/h2-3,6-11,14-15H,1,4-5,12-13H2,(H,23,27). The average Bonchev–Trinajstić information content (AvgIpc) is 3.20. The zero-order valence-electron chi connectivity index (χ0n) is 14.9. The first kappa shape index (κ1) is 17.6. The molecule has 0 radical (unpaired) electrons. The summed E-state index contributed by atoms with van der Waals surface area (Å²) >= 11 is 6.04. The van der Waals surface area contributed by atoms with E-state index in [1.54, 1.807) is 23.0 Å². The van der Waals surface area contributed by atoms with Crippen LogP contribution in [0, 0.1) is 0 Å². The van der Waals surface area contributed by atoms with Crippen molar-refractivity contribution >= 4 is 28.9 Å². The molecule has 4 rings (SSSR count). The zero-order valence-corrected chi connectivity index (χ0v) is 15.7. The molecule has 1 aliphatic heterocycles. The van der Waals surface area contributed by atoms with Crippen LogP contribution >= 0.6 is 11.6 Å². The van der Waals surface area contributed by atoms with Crippen LogP contribution in [0.3, 0.4) is 0 Å². The van der Waals surface area contributed by atoms with Gasteiger partial charge in [-0.3, -0.25) is 4.79 Å². The minimum atomic E-state index is -0.222. The fourth-order valence-corrected chi connectivity index (χ4v) is 3.57. The molecule has 1 N–H and O–H groups in total. The molecule has 3 aromatic rings. The third-order valence-corrected chi connectivity index (χ3v) is 4.98. The second-order valence-electron chi connectivity index (χ2n) is 6.64. The lowest BCUT2D eigenvalue weighted by Crippen LogP contribution is -2.30. The summed E-state index contributed by atoms with van der Waals surface area (Å²) in [5, 5.41) is 8.04. The van der Waals surface area contributed by atoms with E-state index in [1.165, 1.54) is 19.3 Å². The smallest absolute Gasteiger partial charge is 0.276 e. The molecule has 1 amide bonds. The maximum Gasteiger partial charge on any atom is 0.276 e. The zero-order chi connectivity index (χ0) is 18.6. The molecule has 27 heavy (non-hydrogen) atoms. The average molecular weight is 381 g/mol. The number of nitrogens with zero attached hydrogens (tertiary/aromatic N) is 3. The van der Waals surface area contributed by atoms with Crippen molar-refractivity contribution < 1.29 is 4.79 Å². The molecule has 0 saturated carbocycles. The number of carbonyl (C=O) groups excluding carboxylic acids is 1. The number of carbonyl (C=O) groups is 1. The Morgan fingerprint density at radius 3 is 2.63 bits per heavy atom. The maximum absolute atomic E-state index is 12.7. The predicted molar refractivity (Wildman–Crippen MR) is 109 cm³/mol. The molecule has 1 aromatic heterocycles. The number of amides is 1. The van der Waals surface area contributed by atoms with Crippen LogP contribution in [0.15, 0.2) is 60.8 Å². The van der Waals surface area contributed by atoms with Crippen LogP contribution in [0.5, 0.6) is 0 Å². The first-order valence-electron chi connectivity index (χ1n) is 9.18. The molecule has 2 heterocycles. The van der Waals surface area contributed by atoms with Gasteiger partial charge in [-0.15, -0.1) is 0 Å². The number of hydrogen-bond donors (Lipinski definition) is 1. The van der Waals surface area contributed by atoms with Crippen LogP contribution in [-0.2, 0) is 0 Å². The van der Waals surface area contributed by atoms with E-state index in [1.807, 2.05) is 36.4 Å². The molecule has 0 aliphatic carbocycles. The van der Waals surface area contributed by atoms with E-state index in [2.05, 4.69) is 21.4 Å². The summed E-state index contributed by atoms with van der Waals surface area (Å²) in [6, 6.07) is 17.0. The van der Waals surface area contributed by atoms with Crippen LogP contribution in [0.4, 0.5) is 11.4 Å². The number of piperidine rings is 1. The third-order valence-electron chi connectivity index (χ3n) is 4.74. The van der Waals surface area contributed by atoms with Gasteiger partial charge in [0.2, 0.25) is 0 Å². The Morgan fingerprint density at radius 1 is 1.00 bits per heavy atom. The number of hydrogen-bond acceptors (Lipinski definition) is 3. The molecule has 0 unspecified atom stereocenters. The maximum atomic E-state index is 12.7. The van der Waals surface area contributed by atoms with E-state index in [-0.39, 0.29) is 5.91 Å². The van der Waals surface area contributed by atoms with E-state index in [4.69, 9.17) is 11.6 Å². The van der Waals surface area contributed by atoms with Crippen molar-refractivity contribution in [2.75, 3.05) is 23.3 Å². The van der Waals surface area contributed by atoms with Gasteiger partial charge in [-0.1, -0.05) is 29.8 Å². The summed E-state index contributed by atoms with van der Waals surface area (Å²) < 4.78 is 1.65. The summed E-state index contributed by atoms with van der Waals surface area (Å²) in [5.74, 6) is -0.222. The van der Waals surface area contributed by atoms with Gasteiger partial charge >= 0.3 is 0 Å². The van der Waals surface area contributed by atoms with Crippen LogP contribution < -0.4 is 10.2 Å². The van der Waals surface area contributed by atoms with Crippen molar-refractivity contribution in [3.05, 3.63) is 71.5 Å². The fraction of sp³-hybridized carbons (Fsp3) is 0.238. The van der Waals surface area contributed by atoms with Crippen molar-refractivity contribution in [1.82, 2.24) is 9.78 Å². The first-order valence-corrected chi connectivity index (χ1v) is 9.55. The molecule has 1 saturated heterocycles. The quantitative estimate of drug-likeness (QED) is 0.709. The summed E-state index contributed by atoms with van der Waals surface area (Å²) in [4.78, 5) is 15.1. The molecule has 5 nitrogen and oxygen atoms in total. The number of halogens is 1. The number of rotatable bonds is 4. The van der Waals surface area contributed by atoms with Crippen molar-refractivity contribution in [3.63, 3.8) is 0 Å². The van der Waals surface area contributed by atoms with Gasteiger partial charge in [0, 0.05) is 24.3 Å². The first-order chi connectivity index (χ1) is 13.2. The molecule has 0 bridgehead atoms. The van der Waals surface area contributed by atoms with Gasteiger partial charge in [-0.2, -0.15) is 5.10 Å². The van der Waals surface area contributed by atoms with Gasteiger partial charge in [-0.05, 0) is 55.7 Å². The Hall–Kier alpha value is -2.79.